The van der Waals surface area contributed by atoms with Gasteiger partial charge in [0.2, 0.25) is 0 Å². The maximum atomic E-state index is 6.60. The summed E-state index contributed by atoms with van der Waals surface area (Å²) >= 11 is 0. The van der Waals surface area contributed by atoms with Crippen LogP contribution in [0.15, 0.2) is 223 Å². The minimum absolute atomic E-state index is 0.659. The maximum Gasteiger partial charge on any atom is 0.161 e. The molecule has 3 nitrogen and oxygen atoms in total. The van der Waals surface area contributed by atoms with Crippen LogP contribution in [0.3, 0.4) is 0 Å². The maximum absolute atomic E-state index is 6.60. The monoisotopic (exact) mass is 800 g/mol. The summed E-state index contributed by atoms with van der Waals surface area (Å²) in [6, 6.07) is 78.1. The summed E-state index contributed by atoms with van der Waals surface area (Å²) in [6.07, 6.45) is 0. The number of hydrogen-bond donors (Lipinski definition) is 0. The van der Waals surface area contributed by atoms with Gasteiger partial charge in [0.25, 0.3) is 0 Å². The zero-order valence-electron chi connectivity index (χ0n) is 34.1. The number of furan rings is 1. The van der Waals surface area contributed by atoms with E-state index in [9.17, 15) is 0 Å². The van der Waals surface area contributed by atoms with Gasteiger partial charge in [0.15, 0.2) is 5.82 Å². The molecule has 2 aromatic heterocycles. The topological polar surface area (TPSA) is 38.9 Å². The van der Waals surface area contributed by atoms with Gasteiger partial charge < -0.3 is 4.42 Å². The van der Waals surface area contributed by atoms with Crippen molar-refractivity contribution < 1.29 is 4.42 Å². The van der Waals surface area contributed by atoms with Crippen LogP contribution in [0.4, 0.5) is 0 Å². The number of hydrogen-bond acceptors (Lipinski definition) is 3. The molecule has 13 aromatic rings. The lowest BCUT2D eigenvalue weighted by atomic mass is 9.89. The molecular weight excluding hydrogens is 765 g/mol. The Kier molecular flexibility index (Phi) is 7.91. The highest BCUT2D eigenvalue weighted by Gasteiger charge is 2.20. The molecule has 0 spiro atoms. The summed E-state index contributed by atoms with van der Waals surface area (Å²) in [5.41, 5.74) is 11.0. The van der Waals surface area contributed by atoms with Gasteiger partial charge in [-0.3, -0.25) is 0 Å². The van der Waals surface area contributed by atoms with E-state index in [-0.39, 0.29) is 0 Å². The van der Waals surface area contributed by atoms with Crippen LogP contribution in [0.25, 0.3) is 132 Å². The Morgan fingerprint density at radius 2 is 0.746 bits per heavy atom. The van der Waals surface area contributed by atoms with Crippen molar-refractivity contribution in [2.24, 2.45) is 0 Å². The Balaban J connectivity index is 1.01. The van der Waals surface area contributed by atoms with Gasteiger partial charge in [-0.15, -0.1) is 0 Å². The Morgan fingerprint density at radius 1 is 0.270 bits per heavy atom. The Morgan fingerprint density at radius 3 is 1.43 bits per heavy atom. The highest BCUT2D eigenvalue weighted by Crippen LogP contribution is 2.43. The average Bonchev–Trinajstić information content (AvgIpc) is 3.75. The SMILES string of the molecule is c1ccc2c(c1)cc(-c1ccc(-c3cc(-c4cccc5c4oc4ccccc45)nc(-c4ccc(-c5cc6ccccc6c6ccccc56)c5ccccc45)n3)cc1)c1ccccc12. The molecule has 292 valence electrons. The number of nitrogens with zero attached hydrogens (tertiary/aromatic N) is 2. The lowest BCUT2D eigenvalue weighted by Gasteiger charge is -2.16. The van der Waals surface area contributed by atoms with Crippen molar-refractivity contribution in [3.8, 4) is 56.2 Å². The number of rotatable bonds is 5. The van der Waals surface area contributed by atoms with Gasteiger partial charge in [0, 0.05) is 27.5 Å². The molecule has 0 unspecified atom stereocenters. The fourth-order valence-electron chi connectivity index (χ4n) is 9.92. The predicted molar refractivity (Wildman–Crippen MR) is 264 cm³/mol. The lowest BCUT2D eigenvalue weighted by Crippen LogP contribution is -1.97. The minimum Gasteiger partial charge on any atom is -0.455 e. The van der Waals surface area contributed by atoms with E-state index < -0.39 is 0 Å². The highest BCUT2D eigenvalue weighted by atomic mass is 16.3. The van der Waals surface area contributed by atoms with Crippen molar-refractivity contribution in [3.63, 3.8) is 0 Å². The number of fused-ring (bicyclic) bond motifs is 10. The molecule has 0 saturated carbocycles. The van der Waals surface area contributed by atoms with Crippen LogP contribution >= 0.6 is 0 Å². The van der Waals surface area contributed by atoms with Gasteiger partial charge in [-0.25, -0.2) is 9.97 Å². The molecule has 0 aliphatic rings. The average molecular weight is 801 g/mol. The first kappa shape index (κ1) is 35.4. The van der Waals surface area contributed by atoms with Gasteiger partial charge in [0.05, 0.1) is 11.4 Å². The molecule has 0 aliphatic carbocycles. The molecule has 0 bridgehead atoms. The van der Waals surface area contributed by atoms with Crippen LogP contribution in [-0.2, 0) is 0 Å². The zero-order chi connectivity index (χ0) is 41.4. The molecule has 0 aliphatic heterocycles. The first-order chi connectivity index (χ1) is 31.2. The highest BCUT2D eigenvalue weighted by molar-refractivity contribution is 6.18. The third-order valence-electron chi connectivity index (χ3n) is 12.9. The Bertz CT molecular complexity index is 3970. The van der Waals surface area contributed by atoms with Gasteiger partial charge in [-0.05, 0) is 113 Å². The molecule has 0 atom stereocenters. The quantitative estimate of drug-likeness (QED) is 0.163. The van der Waals surface area contributed by atoms with Crippen molar-refractivity contribution in [3.05, 3.63) is 218 Å². The van der Waals surface area contributed by atoms with Crippen LogP contribution in [-0.4, -0.2) is 9.97 Å². The molecular formula is C60H36N2O. The van der Waals surface area contributed by atoms with Crippen molar-refractivity contribution in [1.29, 1.82) is 0 Å². The summed E-state index contributed by atoms with van der Waals surface area (Å²) in [4.78, 5) is 10.8. The van der Waals surface area contributed by atoms with E-state index in [1.807, 2.05) is 12.1 Å². The molecule has 13 rings (SSSR count). The van der Waals surface area contributed by atoms with Crippen LogP contribution in [0, 0.1) is 0 Å². The Labute approximate surface area is 363 Å². The largest absolute Gasteiger partial charge is 0.455 e. The van der Waals surface area contributed by atoms with Crippen LogP contribution in [0.5, 0.6) is 0 Å². The summed E-state index contributed by atoms with van der Waals surface area (Å²) in [5, 5.41) is 14.3. The molecule has 0 fully saturated rings. The van der Waals surface area contributed by atoms with Crippen LogP contribution in [0.2, 0.25) is 0 Å². The van der Waals surface area contributed by atoms with Crippen molar-refractivity contribution in [2.45, 2.75) is 0 Å². The zero-order valence-corrected chi connectivity index (χ0v) is 34.1. The van der Waals surface area contributed by atoms with Crippen molar-refractivity contribution in [2.75, 3.05) is 0 Å². The summed E-state index contributed by atoms with van der Waals surface area (Å²) in [5.74, 6) is 0.659. The second-order valence-corrected chi connectivity index (χ2v) is 16.4. The smallest absolute Gasteiger partial charge is 0.161 e. The first-order valence-electron chi connectivity index (χ1n) is 21.5. The molecule has 0 saturated heterocycles. The van der Waals surface area contributed by atoms with Gasteiger partial charge >= 0.3 is 0 Å². The van der Waals surface area contributed by atoms with E-state index in [0.29, 0.717) is 5.82 Å². The minimum atomic E-state index is 0.659. The molecule has 63 heavy (non-hydrogen) atoms. The molecule has 3 heteroatoms. The van der Waals surface area contributed by atoms with E-state index >= 15 is 0 Å². The molecule has 0 N–H and O–H groups in total. The second kappa shape index (κ2) is 14.1. The summed E-state index contributed by atoms with van der Waals surface area (Å²) in [7, 11) is 0. The van der Waals surface area contributed by atoms with Crippen molar-refractivity contribution in [1.82, 2.24) is 9.97 Å². The van der Waals surface area contributed by atoms with E-state index in [4.69, 9.17) is 14.4 Å². The number of benzene rings is 11. The number of para-hydroxylation sites is 2. The van der Waals surface area contributed by atoms with Crippen LogP contribution < -0.4 is 0 Å². The normalized spacial score (nSPS) is 11.8. The molecule has 0 radical (unpaired) electrons. The van der Waals surface area contributed by atoms with E-state index in [2.05, 4.69) is 206 Å². The van der Waals surface area contributed by atoms with E-state index in [1.165, 1.54) is 59.8 Å². The lowest BCUT2D eigenvalue weighted by molar-refractivity contribution is 0.670. The standard InChI is InChI=1S/C60H36N2O/c1-3-16-41-39(14-1)34-54(47-22-9-5-18-43(41)47)37-28-30-38(31-29-37)56-36-57(53-26-13-25-51-50-24-11-12-27-58(50)63-59(51)53)62-60(61-56)52-33-32-49(45-20-7-8-21-46(45)52)55-35-40-15-2-4-17-42(40)44-19-6-10-23-48(44)55/h1-36H. The fraction of sp³-hybridized carbons (Fsp3) is 0. The van der Waals surface area contributed by atoms with E-state index in [0.717, 1.165) is 66.4 Å². The third-order valence-corrected chi connectivity index (χ3v) is 12.9. The van der Waals surface area contributed by atoms with E-state index in [1.54, 1.807) is 0 Å². The number of aromatic nitrogens is 2. The third kappa shape index (κ3) is 5.67. The van der Waals surface area contributed by atoms with Crippen molar-refractivity contribution >= 4 is 75.8 Å². The fourth-order valence-corrected chi connectivity index (χ4v) is 9.92. The van der Waals surface area contributed by atoms with Gasteiger partial charge in [-0.1, -0.05) is 182 Å². The van der Waals surface area contributed by atoms with Crippen LogP contribution in [0.1, 0.15) is 0 Å². The Hall–Kier alpha value is -8.40. The molecule has 0 amide bonds. The van der Waals surface area contributed by atoms with Gasteiger partial charge in [-0.2, -0.15) is 0 Å². The predicted octanol–water partition coefficient (Wildman–Crippen LogP) is 16.5. The first-order valence-corrected chi connectivity index (χ1v) is 21.5. The molecule has 2 heterocycles. The summed E-state index contributed by atoms with van der Waals surface area (Å²) in [6.45, 7) is 0. The molecule has 11 aromatic carbocycles. The van der Waals surface area contributed by atoms with Gasteiger partial charge in [0.1, 0.15) is 11.2 Å². The second-order valence-electron chi connectivity index (χ2n) is 16.4. The summed E-state index contributed by atoms with van der Waals surface area (Å²) < 4.78 is 6.60.